The summed E-state index contributed by atoms with van der Waals surface area (Å²) in [7, 11) is 0. The zero-order valence-corrected chi connectivity index (χ0v) is 12.4. The molecular weight excluding hydrogens is 250 g/mol. The number of fused-ring (bicyclic) bond motifs is 1. The number of rotatable bonds is 3. The van der Waals surface area contributed by atoms with Crippen molar-refractivity contribution in [2.24, 2.45) is 11.8 Å². The van der Waals surface area contributed by atoms with Gasteiger partial charge in [-0.2, -0.15) is 0 Å². The summed E-state index contributed by atoms with van der Waals surface area (Å²) in [5, 5.41) is 3.40. The average Bonchev–Trinajstić information content (AvgIpc) is 2.47. The maximum Gasteiger partial charge on any atom is 0.253 e. The maximum absolute atomic E-state index is 12.2. The summed E-state index contributed by atoms with van der Waals surface area (Å²) in [6, 6.07) is 1.77. The lowest BCUT2D eigenvalue weighted by molar-refractivity contribution is 0.350. The molecule has 1 N–H and O–H groups in total. The lowest BCUT2D eigenvalue weighted by Gasteiger charge is -2.24. The first kappa shape index (κ1) is 13.8. The minimum Gasteiger partial charge on any atom is -0.317 e. The van der Waals surface area contributed by atoms with E-state index in [1.165, 1.54) is 19.3 Å². The Kier molecular flexibility index (Phi) is 4.20. The van der Waals surface area contributed by atoms with Gasteiger partial charge in [-0.3, -0.25) is 9.36 Å². The van der Waals surface area contributed by atoms with Crippen LogP contribution in [-0.4, -0.2) is 22.6 Å². The maximum atomic E-state index is 12.2. The molecular formula is C16H25N3O. The quantitative estimate of drug-likeness (QED) is 0.914. The molecule has 0 amide bonds. The number of piperidine rings is 1. The zero-order valence-electron chi connectivity index (χ0n) is 12.4. The lowest BCUT2D eigenvalue weighted by atomic mass is 9.92. The Bertz CT molecular complexity index is 517. The first-order valence-corrected chi connectivity index (χ1v) is 8.02. The van der Waals surface area contributed by atoms with Crippen molar-refractivity contribution in [1.29, 1.82) is 0 Å². The molecule has 1 aromatic rings. The fraction of sp³-hybridized carbons (Fsp3) is 0.750. The van der Waals surface area contributed by atoms with E-state index >= 15 is 0 Å². The largest absolute Gasteiger partial charge is 0.317 e. The lowest BCUT2D eigenvalue weighted by Crippen LogP contribution is -2.32. The Labute approximate surface area is 120 Å². The summed E-state index contributed by atoms with van der Waals surface area (Å²) < 4.78 is 1.88. The summed E-state index contributed by atoms with van der Waals surface area (Å²) in [4.78, 5) is 16.9. The van der Waals surface area contributed by atoms with E-state index in [0.29, 0.717) is 5.92 Å². The predicted octanol–water partition coefficient (Wildman–Crippen LogP) is 1.76. The number of hydrogen-bond donors (Lipinski definition) is 1. The highest BCUT2D eigenvalue weighted by Crippen LogP contribution is 2.19. The van der Waals surface area contributed by atoms with Crippen LogP contribution < -0.4 is 10.9 Å². The van der Waals surface area contributed by atoms with Crippen LogP contribution in [0.15, 0.2) is 10.9 Å². The molecule has 110 valence electrons. The van der Waals surface area contributed by atoms with Crippen molar-refractivity contribution in [3.8, 4) is 0 Å². The van der Waals surface area contributed by atoms with E-state index in [9.17, 15) is 4.79 Å². The van der Waals surface area contributed by atoms with Crippen LogP contribution in [0.2, 0.25) is 0 Å². The van der Waals surface area contributed by atoms with Crippen LogP contribution in [0.25, 0.3) is 0 Å². The van der Waals surface area contributed by atoms with Crippen molar-refractivity contribution < 1.29 is 0 Å². The van der Waals surface area contributed by atoms with Crippen molar-refractivity contribution in [3.63, 3.8) is 0 Å². The van der Waals surface area contributed by atoms with Crippen molar-refractivity contribution in [2.75, 3.05) is 13.1 Å². The highest BCUT2D eigenvalue weighted by molar-refractivity contribution is 5.07. The predicted molar refractivity (Wildman–Crippen MR) is 79.9 cm³/mol. The Morgan fingerprint density at radius 3 is 2.95 bits per heavy atom. The molecule has 1 saturated heterocycles. The molecule has 3 heterocycles. The van der Waals surface area contributed by atoms with Gasteiger partial charge in [-0.05, 0) is 57.0 Å². The molecule has 2 aliphatic heterocycles. The van der Waals surface area contributed by atoms with Crippen LogP contribution in [-0.2, 0) is 19.4 Å². The molecule has 0 radical (unpaired) electrons. The number of hydrogen-bond acceptors (Lipinski definition) is 3. The summed E-state index contributed by atoms with van der Waals surface area (Å²) in [6.07, 6.45) is 6.78. The van der Waals surface area contributed by atoms with Crippen LogP contribution in [0.4, 0.5) is 0 Å². The third-order valence-corrected chi connectivity index (χ3v) is 4.76. The SMILES string of the molecule is CC1CCc2nc(CCC3CCNCC3)cc(=O)n2C1. The summed E-state index contributed by atoms with van der Waals surface area (Å²) in [5.74, 6) is 2.41. The fourth-order valence-electron chi connectivity index (χ4n) is 3.42. The van der Waals surface area contributed by atoms with Crippen LogP contribution in [0.1, 0.15) is 44.1 Å². The molecule has 1 fully saturated rings. The van der Waals surface area contributed by atoms with Gasteiger partial charge in [-0.25, -0.2) is 4.98 Å². The molecule has 1 aromatic heterocycles. The second kappa shape index (κ2) is 6.08. The molecule has 0 aromatic carbocycles. The zero-order chi connectivity index (χ0) is 13.9. The highest BCUT2D eigenvalue weighted by atomic mass is 16.1. The molecule has 4 heteroatoms. The van der Waals surface area contributed by atoms with E-state index in [1.807, 2.05) is 4.57 Å². The van der Waals surface area contributed by atoms with Gasteiger partial charge in [0, 0.05) is 24.7 Å². The topological polar surface area (TPSA) is 46.9 Å². The van der Waals surface area contributed by atoms with Gasteiger partial charge in [0.2, 0.25) is 0 Å². The van der Waals surface area contributed by atoms with Crippen LogP contribution in [0.5, 0.6) is 0 Å². The van der Waals surface area contributed by atoms with Gasteiger partial charge in [-0.1, -0.05) is 6.92 Å². The van der Waals surface area contributed by atoms with Crippen LogP contribution >= 0.6 is 0 Å². The van der Waals surface area contributed by atoms with E-state index < -0.39 is 0 Å². The molecule has 1 unspecified atom stereocenters. The van der Waals surface area contributed by atoms with E-state index in [2.05, 4.69) is 12.2 Å². The minimum atomic E-state index is 0.155. The molecule has 0 bridgehead atoms. The van der Waals surface area contributed by atoms with Gasteiger partial charge in [0.05, 0.1) is 0 Å². The Morgan fingerprint density at radius 1 is 1.35 bits per heavy atom. The van der Waals surface area contributed by atoms with E-state index in [-0.39, 0.29) is 5.56 Å². The van der Waals surface area contributed by atoms with Gasteiger partial charge in [-0.15, -0.1) is 0 Å². The Morgan fingerprint density at radius 2 is 2.15 bits per heavy atom. The number of nitrogens with one attached hydrogen (secondary N) is 1. The molecule has 20 heavy (non-hydrogen) atoms. The monoisotopic (exact) mass is 275 g/mol. The van der Waals surface area contributed by atoms with Crippen LogP contribution in [0, 0.1) is 11.8 Å². The van der Waals surface area contributed by atoms with Crippen molar-refractivity contribution in [1.82, 2.24) is 14.9 Å². The number of aromatic nitrogens is 2. The molecule has 4 nitrogen and oxygen atoms in total. The molecule has 3 rings (SSSR count). The average molecular weight is 275 g/mol. The third-order valence-electron chi connectivity index (χ3n) is 4.76. The van der Waals surface area contributed by atoms with Gasteiger partial charge in [0.25, 0.3) is 5.56 Å². The van der Waals surface area contributed by atoms with Gasteiger partial charge in [0.15, 0.2) is 0 Å². The third kappa shape index (κ3) is 3.11. The highest BCUT2D eigenvalue weighted by Gasteiger charge is 2.18. The van der Waals surface area contributed by atoms with Gasteiger partial charge < -0.3 is 5.32 Å². The first-order valence-electron chi connectivity index (χ1n) is 8.02. The van der Waals surface area contributed by atoms with Gasteiger partial charge in [0.1, 0.15) is 5.82 Å². The summed E-state index contributed by atoms with van der Waals surface area (Å²) in [6.45, 7) is 5.34. The number of nitrogens with zero attached hydrogens (tertiary/aromatic N) is 2. The summed E-state index contributed by atoms with van der Waals surface area (Å²) >= 11 is 0. The minimum absolute atomic E-state index is 0.155. The van der Waals surface area contributed by atoms with Gasteiger partial charge >= 0.3 is 0 Å². The normalized spacial score (nSPS) is 23.6. The molecule has 0 spiro atoms. The summed E-state index contributed by atoms with van der Waals surface area (Å²) in [5.41, 5.74) is 1.16. The Hall–Kier alpha value is -1.16. The standard InChI is InChI=1S/C16H25N3O/c1-12-2-5-15-18-14(10-16(20)19(15)11-12)4-3-13-6-8-17-9-7-13/h10,12-13,17H,2-9,11H2,1H3. The van der Waals surface area contributed by atoms with Crippen molar-refractivity contribution in [2.45, 2.75) is 52.0 Å². The molecule has 0 saturated carbocycles. The van der Waals surface area contributed by atoms with E-state index in [0.717, 1.165) is 56.3 Å². The fourth-order valence-corrected chi connectivity index (χ4v) is 3.42. The van der Waals surface area contributed by atoms with E-state index in [1.54, 1.807) is 6.07 Å². The van der Waals surface area contributed by atoms with Crippen molar-refractivity contribution >= 4 is 0 Å². The smallest absolute Gasteiger partial charge is 0.253 e. The number of aryl methyl sites for hydroxylation is 2. The molecule has 0 aliphatic carbocycles. The van der Waals surface area contributed by atoms with E-state index in [4.69, 9.17) is 4.98 Å². The van der Waals surface area contributed by atoms with Crippen molar-refractivity contribution in [3.05, 3.63) is 27.9 Å². The Balaban J connectivity index is 1.68. The second-order valence-corrected chi connectivity index (χ2v) is 6.49. The molecule has 2 aliphatic rings. The second-order valence-electron chi connectivity index (χ2n) is 6.49. The first-order chi connectivity index (χ1) is 9.72. The molecule has 1 atom stereocenters. The van der Waals surface area contributed by atoms with Crippen LogP contribution in [0.3, 0.4) is 0 Å².